The number of nitrogens with zero attached hydrogens (tertiary/aromatic N) is 5. The van der Waals surface area contributed by atoms with Crippen molar-refractivity contribution in [2.45, 2.75) is 52.5 Å². The van der Waals surface area contributed by atoms with Gasteiger partial charge in [0.15, 0.2) is 5.82 Å². The molecule has 4 heterocycles. The average Bonchev–Trinajstić information content (AvgIpc) is 3.29. The number of pyridine rings is 1. The SMILES string of the molecule is Cc1cc(F)c(C(=O)Nc2cccc(-c3ncc4n3CC(C)(C)C4)n2)cc1-n1cnc(C2CC2)c1. The van der Waals surface area contributed by atoms with E-state index in [1.165, 1.54) is 11.8 Å². The van der Waals surface area contributed by atoms with Crippen LogP contribution in [0.25, 0.3) is 17.2 Å². The molecule has 1 N–H and O–H groups in total. The van der Waals surface area contributed by atoms with E-state index >= 15 is 0 Å². The summed E-state index contributed by atoms with van der Waals surface area (Å²) in [6, 6.07) is 8.36. The van der Waals surface area contributed by atoms with Crippen molar-refractivity contribution >= 4 is 11.7 Å². The fraction of sp³-hybridized carbons (Fsp3) is 0.333. The van der Waals surface area contributed by atoms with Crippen LogP contribution in [0.5, 0.6) is 0 Å². The summed E-state index contributed by atoms with van der Waals surface area (Å²) in [7, 11) is 0. The molecule has 0 bridgehead atoms. The van der Waals surface area contributed by atoms with E-state index in [0.717, 1.165) is 48.6 Å². The number of aryl methyl sites for hydroxylation is 1. The Kier molecular flexibility index (Phi) is 4.88. The molecule has 1 saturated carbocycles. The molecule has 6 rings (SSSR count). The van der Waals surface area contributed by atoms with E-state index in [2.05, 4.69) is 38.7 Å². The fourth-order valence-corrected chi connectivity index (χ4v) is 4.89. The molecule has 4 aromatic rings. The van der Waals surface area contributed by atoms with Gasteiger partial charge in [0.25, 0.3) is 5.91 Å². The number of nitrogens with one attached hydrogen (secondary N) is 1. The van der Waals surface area contributed by atoms with Crippen LogP contribution < -0.4 is 5.32 Å². The maximum Gasteiger partial charge on any atom is 0.259 e. The summed E-state index contributed by atoms with van der Waals surface area (Å²) >= 11 is 0. The van der Waals surface area contributed by atoms with Gasteiger partial charge in [-0.2, -0.15) is 0 Å². The summed E-state index contributed by atoms with van der Waals surface area (Å²) in [6.07, 6.45) is 8.85. The quantitative estimate of drug-likeness (QED) is 0.430. The molecule has 1 aromatic carbocycles. The molecule has 35 heavy (non-hydrogen) atoms. The summed E-state index contributed by atoms with van der Waals surface area (Å²) in [5.74, 6) is 0.515. The van der Waals surface area contributed by atoms with Crippen molar-refractivity contribution in [1.29, 1.82) is 0 Å². The zero-order chi connectivity index (χ0) is 24.3. The van der Waals surface area contributed by atoms with Gasteiger partial charge in [0.2, 0.25) is 0 Å². The number of hydrogen-bond acceptors (Lipinski definition) is 4. The molecule has 0 atom stereocenters. The second-order valence-electron chi connectivity index (χ2n) is 10.5. The number of amides is 1. The maximum atomic E-state index is 14.8. The minimum Gasteiger partial charge on any atom is -0.326 e. The van der Waals surface area contributed by atoms with E-state index in [9.17, 15) is 9.18 Å². The first-order valence-corrected chi connectivity index (χ1v) is 11.9. The molecule has 2 aliphatic rings. The third kappa shape index (κ3) is 4.03. The van der Waals surface area contributed by atoms with Crippen molar-refractivity contribution in [1.82, 2.24) is 24.1 Å². The zero-order valence-corrected chi connectivity index (χ0v) is 20.0. The highest BCUT2D eigenvalue weighted by molar-refractivity contribution is 6.04. The summed E-state index contributed by atoms with van der Waals surface area (Å²) < 4.78 is 18.9. The standard InChI is InChI=1S/C27H27FN6O/c1-16-9-20(28)19(10-23(16)33-13-22(30-15-33)17-7-8-17)26(35)32-24-6-4-5-21(31-24)25-29-12-18-11-27(2,3)14-34(18)25/h4-6,9-10,12-13,15,17H,7-8,11,14H2,1-3H3,(H,31,32,35). The van der Waals surface area contributed by atoms with Gasteiger partial charge in [-0.1, -0.05) is 19.9 Å². The van der Waals surface area contributed by atoms with E-state index in [4.69, 9.17) is 0 Å². The molecule has 1 aliphatic carbocycles. The van der Waals surface area contributed by atoms with Crippen molar-refractivity contribution in [3.05, 3.63) is 77.4 Å². The number of carbonyl (C=O) groups excluding carboxylic acids is 1. The van der Waals surface area contributed by atoms with Crippen LogP contribution in [0.3, 0.4) is 0 Å². The molecule has 0 saturated heterocycles. The molecule has 1 amide bonds. The number of carbonyl (C=O) groups is 1. The molecule has 1 fully saturated rings. The van der Waals surface area contributed by atoms with E-state index in [-0.39, 0.29) is 11.0 Å². The first-order valence-electron chi connectivity index (χ1n) is 11.9. The van der Waals surface area contributed by atoms with Crippen molar-refractivity contribution in [3.63, 3.8) is 0 Å². The summed E-state index contributed by atoms with van der Waals surface area (Å²) in [5.41, 5.74) is 4.48. The van der Waals surface area contributed by atoms with Gasteiger partial charge in [-0.15, -0.1) is 0 Å². The van der Waals surface area contributed by atoms with Gasteiger partial charge < -0.3 is 14.5 Å². The minimum absolute atomic E-state index is 0.0390. The van der Waals surface area contributed by atoms with Crippen LogP contribution in [0, 0.1) is 18.2 Å². The van der Waals surface area contributed by atoms with Crippen LogP contribution >= 0.6 is 0 Å². The van der Waals surface area contributed by atoms with E-state index in [1.54, 1.807) is 18.5 Å². The lowest BCUT2D eigenvalue weighted by atomic mass is 9.91. The molecule has 3 aromatic heterocycles. The van der Waals surface area contributed by atoms with Crippen LogP contribution in [0.2, 0.25) is 0 Å². The van der Waals surface area contributed by atoms with Crippen molar-refractivity contribution in [2.75, 3.05) is 5.32 Å². The Hall–Kier alpha value is -3.81. The highest BCUT2D eigenvalue weighted by Gasteiger charge is 2.31. The molecular formula is C27H27FN6O. The Balaban J connectivity index is 1.27. The lowest BCUT2D eigenvalue weighted by molar-refractivity contribution is 0.102. The number of benzene rings is 1. The van der Waals surface area contributed by atoms with Crippen LogP contribution in [0.4, 0.5) is 10.2 Å². The number of anilines is 1. The van der Waals surface area contributed by atoms with Crippen LogP contribution in [0.1, 0.15) is 59.9 Å². The predicted molar refractivity (Wildman–Crippen MR) is 131 cm³/mol. The Morgan fingerprint density at radius 3 is 2.83 bits per heavy atom. The molecule has 7 nitrogen and oxygen atoms in total. The number of rotatable bonds is 5. The first kappa shape index (κ1) is 21.7. The van der Waals surface area contributed by atoms with Gasteiger partial charge in [-0.3, -0.25) is 4.79 Å². The molecule has 8 heteroatoms. The Bertz CT molecular complexity index is 1460. The maximum absolute atomic E-state index is 14.8. The number of halogens is 1. The zero-order valence-electron chi connectivity index (χ0n) is 20.0. The largest absolute Gasteiger partial charge is 0.326 e. The predicted octanol–water partition coefficient (Wildman–Crippen LogP) is 5.29. The summed E-state index contributed by atoms with van der Waals surface area (Å²) in [4.78, 5) is 26.7. The fourth-order valence-electron chi connectivity index (χ4n) is 4.89. The second kappa shape index (κ2) is 7.86. The topological polar surface area (TPSA) is 77.6 Å². The van der Waals surface area contributed by atoms with Gasteiger partial charge in [-0.05, 0) is 61.4 Å². The normalized spacial score (nSPS) is 16.3. The smallest absolute Gasteiger partial charge is 0.259 e. The Labute approximate surface area is 203 Å². The Morgan fingerprint density at radius 1 is 1.20 bits per heavy atom. The molecule has 1 aliphatic heterocycles. The number of imidazole rings is 2. The summed E-state index contributed by atoms with van der Waals surface area (Å²) in [6.45, 7) is 7.15. The molecular weight excluding hydrogens is 443 g/mol. The monoisotopic (exact) mass is 470 g/mol. The molecule has 0 spiro atoms. The number of hydrogen-bond donors (Lipinski definition) is 1. The van der Waals surface area contributed by atoms with Gasteiger partial charge in [0, 0.05) is 30.6 Å². The van der Waals surface area contributed by atoms with Gasteiger partial charge in [-0.25, -0.2) is 19.3 Å². The third-order valence-corrected chi connectivity index (χ3v) is 6.81. The van der Waals surface area contributed by atoms with Crippen LogP contribution in [-0.4, -0.2) is 30.0 Å². The van der Waals surface area contributed by atoms with Crippen LogP contribution in [-0.2, 0) is 13.0 Å². The van der Waals surface area contributed by atoms with Crippen LogP contribution in [0.15, 0.2) is 49.1 Å². The molecule has 0 unspecified atom stereocenters. The van der Waals surface area contributed by atoms with Crippen molar-refractivity contribution < 1.29 is 9.18 Å². The van der Waals surface area contributed by atoms with Gasteiger partial charge in [0.05, 0.1) is 23.3 Å². The second-order valence-corrected chi connectivity index (χ2v) is 10.5. The third-order valence-electron chi connectivity index (χ3n) is 6.81. The minimum atomic E-state index is -0.573. The number of aromatic nitrogens is 5. The highest BCUT2D eigenvalue weighted by Crippen LogP contribution is 2.39. The van der Waals surface area contributed by atoms with Gasteiger partial charge in [0.1, 0.15) is 17.3 Å². The molecule has 178 valence electrons. The molecule has 0 radical (unpaired) electrons. The summed E-state index contributed by atoms with van der Waals surface area (Å²) in [5, 5.41) is 2.76. The van der Waals surface area contributed by atoms with Crippen molar-refractivity contribution in [2.24, 2.45) is 5.41 Å². The van der Waals surface area contributed by atoms with E-state index in [1.807, 2.05) is 36.0 Å². The lowest BCUT2D eigenvalue weighted by Gasteiger charge is -2.16. The average molecular weight is 471 g/mol. The van der Waals surface area contributed by atoms with E-state index in [0.29, 0.717) is 17.4 Å². The first-order chi connectivity index (χ1) is 16.8. The van der Waals surface area contributed by atoms with Gasteiger partial charge >= 0.3 is 0 Å². The Morgan fingerprint density at radius 2 is 2.03 bits per heavy atom. The number of fused-ring (bicyclic) bond motifs is 1. The van der Waals surface area contributed by atoms with Crippen molar-refractivity contribution in [3.8, 4) is 17.2 Å². The lowest BCUT2D eigenvalue weighted by Crippen LogP contribution is -2.16. The highest BCUT2D eigenvalue weighted by atomic mass is 19.1. The van der Waals surface area contributed by atoms with E-state index < -0.39 is 11.7 Å².